The van der Waals surface area contributed by atoms with E-state index in [0.29, 0.717) is 11.6 Å². The summed E-state index contributed by atoms with van der Waals surface area (Å²) < 4.78 is 1.10. The second-order valence-corrected chi connectivity index (χ2v) is 8.64. The Morgan fingerprint density at radius 1 is 1.10 bits per heavy atom. The first-order valence-corrected chi connectivity index (χ1v) is 11.5. The summed E-state index contributed by atoms with van der Waals surface area (Å²) in [7, 11) is 0. The molecule has 0 bridgehead atoms. The van der Waals surface area contributed by atoms with Gasteiger partial charge in [0, 0.05) is 24.2 Å². The third kappa shape index (κ3) is 5.09. The molecule has 0 saturated carbocycles. The van der Waals surface area contributed by atoms with Gasteiger partial charge in [-0.1, -0.05) is 61.1 Å². The van der Waals surface area contributed by atoms with Crippen LogP contribution in [0.1, 0.15) is 30.5 Å². The van der Waals surface area contributed by atoms with Crippen LogP contribution in [0.5, 0.6) is 0 Å². The average Bonchev–Trinajstić information content (AvgIpc) is 3.18. The monoisotopic (exact) mass is 441 g/mol. The van der Waals surface area contributed by atoms with Crippen LogP contribution < -0.4 is 4.90 Å². The summed E-state index contributed by atoms with van der Waals surface area (Å²) in [6.45, 7) is 11.7. The second-order valence-electron chi connectivity index (χ2n) is 7.22. The van der Waals surface area contributed by atoms with Crippen molar-refractivity contribution in [3.8, 4) is 0 Å². The van der Waals surface area contributed by atoms with Crippen LogP contribution in [0.3, 0.4) is 0 Å². The summed E-state index contributed by atoms with van der Waals surface area (Å²) >= 11 is 7.80. The first-order valence-electron chi connectivity index (χ1n) is 10.3. The Hall–Kier alpha value is -2.21. The van der Waals surface area contributed by atoms with E-state index in [1.807, 2.05) is 24.3 Å². The van der Waals surface area contributed by atoms with Crippen molar-refractivity contribution >= 4 is 50.3 Å². The largest absolute Gasteiger partial charge is 0.302 e. The summed E-state index contributed by atoms with van der Waals surface area (Å²) in [4.78, 5) is 22.1. The molecule has 0 N–H and O–H groups in total. The van der Waals surface area contributed by atoms with Crippen molar-refractivity contribution in [2.24, 2.45) is 0 Å². The fraction of sp³-hybridized carbons (Fsp3) is 0.333. The van der Waals surface area contributed by atoms with E-state index in [1.54, 1.807) is 28.4 Å². The Labute approximate surface area is 187 Å². The molecule has 158 valence electrons. The van der Waals surface area contributed by atoms with Crippen LogP contribution in [0.2, 0.25) is 5.02 Å². The van der Waals surface area contributed by atoms with E-state index >= 15 is 0 Å². The zero-order valence-corrected chi connectivity index (χ0v) is 19.6. The molecule has 1 heterocycles. The number of benzene rings is 2. The number of likely N-dealkylation sites (N-methyl/N-ethyl adjacent to an activating group) is 1. The molecule has 0 radical (unpaired) electrons. The first kappa shape index (κ1) is 22.5. The van der Waals surface area contributed by atoms with Gasteiger partial charge in [0.1, 0.15) is 0 Å². The number of anilines is 1. The highest BCUT2D eigenvalue weighted by Gasteiger charge is 2.19. The maximum atomic E-state index is 13.2. The lowest BCUT2D eigenvalue weighted by Gasteiger charge is -2.23. The number of rotatable bonds is 8. The molecule has 30 heavy (non-hydrogen) atoms. The molecule has 0 atom stereocenters. The topological polar surface area (TPSA) is 36.4 Å². The minimum absolute atomic E-state index is 0.0875. The Kier molecular flexibility index (Phi) is 7.64. The van der Waals surface area contributed by atoms with E-state index in [4.69, 9.17) is 16.6 Å². The number of carbonyl (C=O) groups excluding carboxylic acids is 1. The van der Waals surface area contributed by atoms with Gasteiger partial charge in [-0.25, -0.2) is 4.98 Å². The van der Waals surface area contributed by atoms with Crippen LogP contribution in [0.15, 0.2) is 42.5 Å². The Morgan fingerprint density at radius 3 is 2.53 bits per heavy atom. The van der Waals surface area contributed by atoms with Crippen molar-refractivity contribution in [3.05, 3.63) is 64.2 Å². The Bertz CT molecular complexity index is 1060. The number of carbonyl (C=O) groups is 1. The van der Waals surface area contributed by atoms with Crippen LogP contribution >= 0.6 is 22.9 Å². The number of thiazole rings is 1. The SMILES string of the molecule is CCN(CC)CCN(C(=O)/C=C/c1ccccc1Cl)c1nc2c(C)c(C)ccc2s1. The van der Waals surface area contributed by atoms with Crippen molar-refractivity contribution in [2.75, 3.05) is 31.1 Å². The van der Waals surface area contributed by atoms with Gasteiger partial charge in [-0.3, -0.25) is 9.69 Å². The zero-order valence-electron chi connectivity index (χ0n) is 18.0. The van der Waals surface area contributed by atoms with Crippen LogP contribution in [0, 0.1) is 13.8 Å². The minimum atomic E-state index is -0.0875. The van der Waals surface area contributed by atoms with Gasteiger partial charge in [0.25, 0.3) is 5.91 Å². The molecule has 0 aliphatic carbocycles. The molecule has 1 amide bonds. The van der Waals surface area contributed by atoms with Gasteiger partial charge in [0.2, 0.25) is 0 Å². The van der Waals surface area contributed by atoms with Crippen LogP contribution in [0.4, 0.5) is 5.13 Å². The van der Waals surface area contributed by atoms with E-state index in [1.165, 1.54) is 5.56 Å². The molecule has 0 aliphatic heterocycles. The van der Waals surface area contributed by atoms with Crippen molar-refractivity contribution < 1.29 is 4.79 Å². The first-order chi connectivity index (χ1) is 14.4. The molecule has 0 aliphatic rings. The van der Waals surface area contributed by atoms with Crippen molar-refractivity contribution in [2.45, 2.75) is 27.7 Å². The lowest BCUT2D eigenvalue weighted by Crippen LogP contribution is -2.38. The Morgan fingerprint density at radius 2 is 1.83 bits per heavy atom. The highest BCUT2D eigenvalue weighted by molar-refractivity contribution is 7.22. The van der Waals surface area contributed by atoms with Crippen molar-refractivity contribution in [1.82, 2.24) is 9.88 Å². The maximum Gasteiger partial charge on any atom is 0.252 e. The van der Waals surface area contributed by atoms with E-state index < -0.39 is 0 Å². The molecule has 0 unspecified atom stereocenters. The van der Waals surface area contributed by atoms with Gasteiger partial charge in [0.15, 0.2) is 5.13 Å². The number of hydrogen-bond acceptors (Lipinski definition) is 4. The molecular formula is C24H28ClN3OS. The van der Waals surface area contributed by atoms with Crippen LogP contribution in [0.25, 0.3) is 16.3 Å². The lowest BCUT2D eigenvalue weighted by molar-refractivity contribution is -0.114. The van der Waals surface area contributed by atoms with Crippen molar-refractivity contribution in [1.29, 1.82) is 0 Å². The normalized spacial score (nSPS) is 11.7. The van der Waals surface area contributed by atoms with Crippen molar-refractivity contribution in [3.63, 3.8) is 0 Å². The van der Waals surface area contributed by atoms with Crippen LogP contribution in [-0.2, 0) is 4.79 Å². The third-order valence-electron chi connectivity index (χ3n) is 5.42. The molecule has 0 saturated heterocycles. The fourth-order valence-corrected chi connectivity index (χ4v) is 4.53. The van der Waals surface area contributed by atoms with Gasteiger partial charge < -0.3 is 4.90 Å². The van der Waals surface area contributed by atoms with Gasteiger partial charge in [-0.15, -0.1) is 0 Å². The second kappa shape index (κ2) is 10.2. The molecule has 4 nitrogen and oxygen atoms in total. The summed E-state index contributed by atoms with van der Waals surface area (Å²) in [6.07, 6.45) is 3.37. The Balaban J connectivity index is 1.92. The quantitative estimate of drug-likeness (QED) is 0.405. The van der Waals surface area contributed by atoms with Gasteiger partial charge in [-0.2, -0.15) is 0 Å². The summed E-state index contributed by atoms with van der Waals surface area (Å²) in [5.74, 6) is -0.0875. The highest BCUT2D eigenvalue weighted by Crippen LogP contribution is 2.32. The number of fused-ring (bicyclic) bond motifs is 1. The molecule has 3 aromatic rings. The molecule has 2 aromatic carbocycles. The van der Waals surface area contributed by atoms with Gasteiger partial charge in [0.05, 0.1) is 10.2 Å². The fourth-order valence-electron chi connectivity index (χ4n) is 3.27. The number of halogens is 1. The molecule has 3 rings (SSSR count). The van der Waals surface area contributed by atoms with Crippen LogP contribution in [-0.4, -0.2) is 42.0 Å². The van der Waals surface area contributed by atoms with E-state index in [9.17, 15) is 4.79 Å². The standard InChI is InChI=1S/C24H28ClN3OS/c1-5-27(6-2)15-16-28(22(29)14-12-19-9-7-8-10-20(19)25)24-26-23-18(4)17(3)11-13-21(23)30-24/h7-14H,5-6,15-16H2,1-4H3/b14-12+. The maximum absolute atomic E-state index is 13.2. The third-order valence-corrected chi connectivity index (χ3v) is 6.80. The molecule has 0 fully saturated rings. The average molecular weight is 442 g/mol. The summed E-state index contributed by atoms with van der Waals surface area (Å²) in [5.41, 5.74) is 4.18. The van der Waals surface area contributed by atoms with E-state index in [0.717, 1.165) is 46.1 Å². The smallest absolute Gasteiger partial charge is 0.252 e. The number of hydrogen-bond donors (Lipinski definition) is 0. The van der Waals surface area contributed by atoms with Gasteiger partial charge in [-0.05, 0) is 61.8 Å². The molecule has 0 spiro atoms. The number of amides is 1. The predicted molar refractivity (Wildman–Crippen MR) is 130 cm³/mol. The number of aromatic nitrogens is 1. The summed E-state index contributed by atoms with van der Waals surface area (Å²) in [5, 5.41) is 1.36. The number of aryl methyl sites for hydroxylation is 2. The summed E-state index contributed by atoms with van der Waals surface area (Å²) in [6, 6.07) is 11.7. The molecule has 1 aromatic heterocycles. The number of nitrogens with zero attached hydrogens (tertiary/aromatic N) is 3. The predicted octanol–water partition coefficient (Wildman–Crippen LogP) is 5.95. The lowest BCUT2D eigenvalue weighted by atomic mass is 10.1. The van der Waals surface area contributed by atoms with E-state index in [-0.39, 0.29) is 5.91 Å². The minimum Gasteiger partial charge on any atom is -0.302 e. The molecule has 6 heteroatoms. The van der Waals surface area contributed by atoms with Gasteiger partial charge >= 0.3 is 0 Å². The zero-order chi connectivity index (χ0) is 21.7. The highest BCUT2D eigenvalue weighted by atomic mass is 35.5. The van der Waals surface area contributed by atoms with E-state index in [2.05, 4.69) is 44.7 Å². The molecular weight excluding hydrogens is 414 g/mol.